The minimum atomic E-state index is -0.886. The third-order valence-electron chi connectivity index (χ3n) is 3.64. The fourth-order valence-corrected chi connectivity index (χ4v) is 2.53. The Kier molecular flexibility index (Phi) is 4.50. The molecule has 0 aliphatic rings. The van der Waals surface area contributed by atoms with E-state index in [0.717, 1.165) is 16.5 Å². The Hall–Kier alpha value is -2.36. The monoisotopic (exact) mass is 300 g/mol. The molecule has 0 fully saturated rings. The SMILES string of the molecule is COc1ccc2cc(C(=O)CC(C)(C)CC(=O)O)ccc2c1. The van der Waals surface area contributed by atoms with Gasteiger partial charge in [-0.3, -0.25) is 9.59 Å². The number of fused-ring (bicyclic) bond motifs is 1. The highest BCUT2D eigenvalue weighted by molar-refractivity contribution is 6.00. The van der Waals surface area contributed by atoms with Crippen molar-refractivity contribution >= 4 is 22.5 Å². The number of carbonyl (C=O) groups excluding carboxylic acids is 1. The van der Waals surface area contributed by atoms with Gasteiger partial charge in [-0.1, -0.05) is 32.0 Å². The summed E-state index contributed by atoms with van der Waals surface area (Å²) in [7, 11) is 1.61. The second-order valence-corrected chi connectivity index (χ2v) is 6.26. The van der Waals surface area contributed by atoms with E-state index < -0.39 is 11.4 Å². The van der Waals surface area contributed by atoms with E-state index >= 15 is 0 Å². The number of methoxy groups -OCH3 is 1. The fraction of sp³-hybridized carbons (Fsp3) is 0.333. The lowest BCUT2D eigenvalue weighted by molar-refractivity contribution is -0.139. The summed E-state index contributed by atoms with van der Waals surface area (Å²) in [6.07, 6.45) is 0.185. The maximum absolute atomic E-state index is 12.4. The van der Waals surface area contributed by atoms with Crippen LogP contribution in [0.2, 0.25) is 0 Å². The first-order chi connectivity index (χ1) is 10.3. The molecule has 116 valence electrons. The molecule has 0 unspecified atom stereocenters. The number of aliphatic carboxylic acids is 1. The van der Waals surface area contributed by atoms with Crippen molar-refractivity contribution in [1.29, 1.82) is 0 Å². The van der Waals surface area contributed by atoms with Crippen molar-refractivity contribution in [3.63, 3.8) is 0 Å². The van der Waals surface area contributed by atoms with Crippen molar-refractivity contribution in [3.05, 3.63) is 42.0 Å². The molecule has 0 saturated heterocycles. The lowest BCUT2D eigenvalue weighted by Crippen LogP contribution is -2.21. The van der Waals surface area contributed by atoms with Gasteiger partial charge in [0.25, 0.3) is 0 Å². The van der Waals surface area contributed by atoms with Gasteiger partial charge in [-0.15, -0.1) is 0 Å². The largest absolute Gasteiger partial charge is 0.497 e. The van der Waals surface area contributed by atoms with E-state index in [0.29, 0.717) is 5.56 Å². The predicted octanol–water partition coefficient (Wildman–Crippen LogP) is 3.92. The van der Waals surface area contributed by atoms with Gasteiger partial charge >= 0.3 is 5.97 Å². The van der Waals surface area contributed by atoms with Gasteiger partial charge in [-0.2, -0.15) is 0 Å². The molecule has 22 heavy (non-hydrogen) atoms. The average molecular weight is 300 g/mol. The highest BCUT2D eigenvalue weighted by atomic mass is 16.5. The summed E-state index contributed by atoms with van der Waals surface area (Å²) in [5.41, 5.74) is 0.0498. The smallest absolute Gasteiger partial charge is 0.303 e. The third kappa shape index (κ3) is 3.85. The molecule has 0 atom stereocenters. The lowest BCUT2D eigenvalue weighted by atomic mass is 9.82. The Morgan fingerprint density at radius 1 is 1.05 bits per heavy atom. The molecule has 2 aromatic carbocycles. The van der Waals surface area contributed by atoms with Crippen molar-refractivity contribution in [2.24, 2.45) is 5.41 Å². The van der Waals surface area contributed by atoms with Crippen LogP contribution >= 0.6 is 0 Å². The van der Waals surface area contributed by atoms with Gasteiger partial charge in [0.2, 0.25) is 0 Å². The number of Topliss-reactive ketones (excluding diaryl/α,β-unsaturated/α-hetero) is 1. The summed E-state index contributed by atoms with van der Waals surface area (Å²) < 4.78 is 5.18. The average Bonchev–Trinajstić information content (AvgIpc) is 2.44. The molecule has 0 aliphatic carbocycles. The first kappa shape index (κ1) is 16.0. The number of hydrogen-bond acceptors (Lipinski definition) is 3. The van der Waals surface area contributed by atoms with Crippen LogP contribution in [0.3, 0.4) is 0 Å². The molecule has 0 saturated carbocycles. The first-order valence-corrected chi connectivity index (χ1v) is 7.13. The molecule has 4 nitrogen and oxygen atoms in total. The highest BCUT2D eigenvalue weighted by Gasteiger charge is 2.25. The molecule has 0 aliphatic heterocycles. The number of benzene rings is 2. The van der Waals surface area contributed by atoms with E-state index in [2.05, 4.69) is 0 Å². The Morgan fingerprint density at radius 2 is 1.68 bits per heavy atom. The fourth-order valence-electron chi connectivity index (χ4n) is 2.53. The maximum Gasteiger partial charge on any atom is 0.303 e. The number of carbonyl (C=O) groups is 2. The van der Waals surface area contributed by atoms with E-state index in [1.807, 2.05) is 30.3 Å². The molecule has 0 aromatic heterocycles. The Labute approximate surface area is 129 Å². The quantitative estimate of drug-likeness (QED) is 0.821. The first-order valence-electron chi connectivity index (χ1n) is 7.13. The molecular weight excluding hydrogens is 280 g/mol. The van der Waals surface area contributed by atoms with Crippen molar-refractivity contribution in [2.75, 3.05) is 7.11 Å². The van der Waals surface area contributed by atoms with Gasteiger partial charge in [0.1, 0.15) is 5.75 Å². The summed E-state index contributed by atoms with van der Waals surface area (Å²) in [4.78, 5) is 23.2. The maximum atomic E-state index is 12.4. The normalized spacial score (nSPS) is 11.4. The van der Waals surface area contributed by atoms with Crippen LogP contribution in [0.25, 0.3) is 10.8 Å². The number of carboxylic acids is 1. The van der Waals surface area contributed by atoms with Crippen molar-refractivity contribution < 1.29 is 19.4 Å². The lowest BCUT2D eigenvalue weighted by Gasteiger charge is -2.21. The van der Waals surface area contributed by atoms with Crippen LogP contribution in [0.15, 0.2) is 36.4 Å². The summed E-state index contributed by atoms with van der Waals surface area (Å²) >= 11 is 0. The minimum Gasteiger partial charge on any atom is -0.497 e. The summed E-state index contributed by atoms with van der Waals surface area (Å²) in [5, 5.41) is 10.9. The standard InChI is InChI=1S/C18H20O4/c1-18(2,11-17(20)21)10-16(19)14-5-4-13-9-15(22-3)7-6-12(13)8-14/h4-9H,10-11H2,1-3H3,(H,20,21). The molecule has 0 radical (unpaired) electrons. The van der Waals surface area contributed by atoms with Crippen molar-refractivity contribution in [2.45, 2.75) is 26.7 Å². The second kappa shape index (κ2) is 6.18. The minimum absolute atomic E-state index is 0.0243. The molecule has 2 aromatic rings. The third-order valence-corrected chi connectivity index (χ3v) is 3.64. The number of ketones is 1. The van der Waals surface area contributed by atoms with Gasteiger partial charge in [0, 0.05) is 12.0 Å². The summed E-state index contributed by atoms with van der Waals surface area (Å²) in [5.74, 6) is -0.151. The van der Waals surface area contributed by atoms with Gasteiger partial charge < -0.3 is 9.84 Å². The Morgan fingerprint density at radius 3 is 2.32 bits per heavy atom. The molecule has 0 spiro atoms. The van der Waals surface area contributed by atoms with Crippen LogP contribution in [-0.2, 0) is 4.79 Å². The van der Waals surface area contributed by atoms with E-state index in [9.17, 15) is 9.59 Å². The molecule has 0 heterocycles. The molecular formula is C18H20O4. The van der Waals surface area contributed by atoms with Crippen molar-refractivity contribution in [1.82, 2.24) is 0 Å². The molecule has 2 rings (SSSR count). The van der Waals surface area contributed by atoms with Crippen molar-refractivity contribution in [3.8, 4) is 5.75 Å². The summed E-state index contributed by atoms with van der Waals surface area (Å²) in [6.45, 7) is 3.59. The zero-order valence-electron chi connectivity index (χ0n) is 13.1. The molecule has 1 N–H and O–H groups in total. The predicted molar refractivity (Wildman–Crippen MR) is 85.5 cm³/mol. The van der Waals surface area contributed by atoms with Crippen LogP contribution < -0.4 is 4.74 Å². The number of ether oxygens (including phenoxy) is 1. The van der Waals surface area contributed by atoms with E-state index in [1.165, 1.54) is 0 Å². The topological polar surface area (TPSA) is 63.6 Å². The van der Waals surface area contributed by atoms with Gasteiger partial charge in [0.05, 0.1) is 13.5 Å². The number of rotatable bonds is 6. The van der Waals surface area contributed by atoms with Crippen LogP contribution in [0.5, 0.6) is 5.75 Å². The second-order valence-electron chi connectivity index (χ2n) is 6.26. The van der Waals surface area contributed by atoms with E-state index in [4.69, 9.17) is 9.84 Å². The number of hydrogen-bond donors (Lipinski definition) is 1. The Bertz CT molecular complexity index is 716. The van der Waals surface area contributed by atoms with Crippen LogP contribution in [0, 0.1) is 5.41 Å². The zero-order valence-corrected chi connectivity index (χ0v) is 13.1. The molecule has 0 bridgehead atoms. The molecule has 4 heteroatoms. The Balaban J connectivity index is 2.23. The number of carboxylic acid groups (broad SMARTS) is 1. The van der Waals surface area contributed by atoms with Gasteiger partial charge in [-0.05, 0) is 34.4 Å². The van der Waals surface area contributed by atoms with Crippen LogP contribution in [0.4, 0.5) is 0 Å². The van der Waals surface area contributed by atoms with Crippen LogP contribution in [0.1, 0.15) is 37.0 Å². The summed E-state index contributed by atoms with van der Waals surface area (Å²) in [6, 6.07) is 11.2. The molecule has 0 amide bonds. The van der Waals surface area contributed by atoms with Gasteiger partial charge in [0.15, 0.2) is 5.78 Å². The highest BCUT2D eigenvalue weighted by Crippen LogP contribution is 2.28. The zero-order chi connectivity index (χ0) is 16.3. The van der Waals surface area contributed by atoms with Gasteiger partial charge in [-0.25, -0.2) is 0 Å². The van der Waals surface area contributed by atoms with Crippen LogP contribution in [-0.4, -0.2) is 24.0 Å². The van der Waals surface area contributed by atoms with E-state index in [-0.39, 0.29) is 18.6 Å². The van der Waals surface area contributed by atoms with E-state index in [1.54, 1.807) is 27.0 Å².